The van der Waals surface area contributed by atoms with E-state index in [0.29, 0.717) is 29.2 Å². The minimum atomic E-state index is -0.601. The number of ether oxygens (including phenoxy) is 3. The quantitative estimate of drug-likeness (QED) is 0.560. The number of methoxy groups -OCH3 is 2. The van der Waals surface area contributed by atoms with Crippen LogP contribution in [-0.2, 0) is 0 Å². The molecule has 160 valence electrons. The molecule has 1 aromatic carbocycles. The van der Waals surface area contributed by atoms with Gasteiger partial charge in [-0.2, -0.15) is 0 Å². The molecule has 0 aliphatic heterocycles. The van der Waals surface area contributed by atoms with Crippen molar-refractivity contribution in [3.63, 3.8) is 0 Å². The van der Waals surface area contributed by atoms with Crippen molar-refractivity contribution in [1.29, 1.82) is 5.41 Å². The highest BCUT2D eigenvalue weighted by atomic mass is 16.5. The maximum atomic E-state index is 11.1. The van der Waals surface area contributed by atoms with Gasteiger partial charge in [0, 0.05) is 30.1 Å². The second-order valence-corrected chi connectivity index (χ2v) is 6.65. The number of nitrogens with zero attached hydrogens (tertiary/aromatic N) is 3. The van der Waals surface area contributed by atoms with Crippen LogP contribution < -0.4 is 19.9 Å². The molecule has 0 atom stereocenters. The average molecular weight is 421 g/mol. The number of amides is 1. The molecule has 1 fully saturated rings. The van der Waals surface area contributed by atoms with E-state index in [1.54, 1.807) is 50.9 Å². The molecule has 1 aliphatic carbocycles. The lowest BCUT2D eigenvalue weighted by atomic mass is 10.2. The Balaban J connectivity index is 0.000000196. The van der Waals surface area contributed by atoms with E-state index in [-0.39, 0.29) is 5.69 Å². The third-order valence-corrected chi connectivity index (χ3v) is 4.27. The van der Waals surface area contributed by atoms with Crippen molar-refractivity contribution in [2.24, 2.45) is 5.73 Å². The molecule has 3 aromatic rings. The van der Waals surface area contributed by atoms with Gasteiger partial charge in [-0.15, -0.1) is 0 Å². The first-order valence-corrected chi connectivity index (χ1v) is 9.51. The van der Waals surface area contributed by atoms with Gasteiger partial charge in [-0.25, -0.2) is 9.97 Å². The Morgan fingerprint density at radius 3 is 2.32 bits per heavy atom. The first-order valence-electron chi connectivity index (χ1n) is 9.51. The summed E-state index contributed by atoms with van der Waals surface area (Å²) in [5.41, 5.74) is 7.39. The molecule has 4 rings (SSSR count). The highest BCUT2D eigenvalue weighted by molar-refractivity contribution is 5.90. The smallest absolute Gasteiger partial charge is 0.268 e. The van der Waals surface area contributed by atoms with E-state index in [9.17, 15) is 4.79 Å². The Labute approximate surface area is 179 Å². The molecular formula is C22H23N5O4. The summed E-state index contributed by atoms with van der Waals surface area (Å²) in [7, 11) is 3.17. The molecule has 1 saturated carbocycles. The zero-order valence-corrected chi connectivity index (χ0v) is 17.2. The van der Waals surface area contributed by atoms with Gasteiger partial charge >= 0.3 is 0 Å². The third-order valence-electron chi connectivity index (χ3n) is 4.27. The lowest BCUT2D eigenvalue weighted by Gasteiger charge is -2.04. The van der Waals surface area contributed by atoms with E-state index >= 15 is 0 Å². The summed E-state index contributed by atoms with van der Waals surface area (Å²) < 4.78 is 15.6. The van der Waals surface area contributed by atoms with Crippen LogP contribution in [0.15, 0.2) is 48.9 Å². The average Bonchev–Trinajstić information content (AvgIpc) is 3.63. The standard InChI is InChI=1S/C13H12N4O2.C9H11NO2/c14-13(18)11-7-15-6-10(17-11)8-1-4-12(16-5-8)19-9-2-3-9;1-11-8-3-7(6-10)4-9(5-8)12-2/h1,4-7,9H,2-3H2,(H2,14,18);3-6,10H,1-2H3. The number of pyridine rings is 1. The first-order chi connectivity index (χ1) is 15.0. The predicted molar refractivity (Wildman–Crippen MR) is 115 cm³/mol. The molecule has 3 N–H and O–H groups in total. The van der Waals surface area contributed by atoms with Gasteiger partial charge in [0.1, 0.15) is 23.3 Å². The maximum Gasteiger partial charge on any atom is 0.268 e. The number of carbonyl (C=O) groups excluding carboxylic acids is 1. The minimum Gasteiger partial charge on any atom is -0.497 e. The molecule has 31 heavy (non-hydrogen) atoms. The molecule has 0 saturated heterocycles. The normalized spacial score (nSPS) is 12.2. The largest absolute Gasteiger partial charge is 0.497 e. The highest BCUT2D eigenvalue weighted by Crippen LogP contribution is 2.26. The Morgan fingerprint density at radius 2 is 1.81 bits per heavy atom. The molecule has 0 radical (unpaired) electrons. The third kappa shape index (κ3) is 6.23. The molecule has 9 nitrogen and oxygen atoms in total. The number of benzene rings is 1. The second-order valence-electron chi connectivity index (χ2n) is 6.65. The summed E-state index contributed by atoms with van der Waals surface area (Å²) >= 11 is 0. The summed E-state index contributed by atoms with van der Waals surface area (Å²) in [6, 6.07) is 8.93. The second kappa shape index (κ2) is 10.1. The van der Waals surface area contributed by atoms with Gasteiger partial charge in [-0.1, -0.05) is 0 Å². The number of hydrogen-bond donors (Lipinski definition) is 2. The Kier molecular flexibility index (Phi) is 7.10. The van der Waals surface area contributed by atoms with Crippen LogP contribution >= 0.6 is 0 Å². The van der Waals surface area contributed by atoms with Crippen LogP contribution in [0.5, 0.6) is 17.4 Å². The van der Waals surface area contributed by atoms with Crippen molar-refractivity contribution in [1.82, 2.24) is 15.0 Å². The zero-order chi connectivity index (χ0) is 22.2. The molecule has 0 spiro atoms. The van der Waals surface area contributed by atoms with Crippen LogP contribution in [0.25, 0.3) is 11.3 Å². The summed E-state index contributed by atoms with van der Waals surface area (Å²) in [5, 5.41) is 7.05. The number of hydrogen-bond acceptors (Lipinski definition) is 8. The monoisotopic (exact) mass is 421 g/mol. The van der Waals surface area contributed by atoms with E-state index in [0.717, 1.165) is 24.0 Å². The highest BCUT2D eigenvalue weighted by Gasteiger charge is 2.23. The molecule has 1 aliphatic rings. The van der Waals surface area contributed by atoms with Crippen molar-refractivity contribution < 1.29 is 19.0 Å². The number of aromatic nitrogens is 3. The van der Waals surface area contributed by atoms with Crippen molar-refractivity contribution in [2.75, 3.05) is 14.2 Å². The lowest BCUT2D eigenvalue weighted by molar-refractivity contribution is 0.0995. The Morgan fingerprint density at radius 1 is 1.10 bits per heavy atom. The van der Waals surface area contributed by atoms with Crippen molar-refractivity contribution >= 4 is 12.1 Å². The van der Waals surface area contributed by atoms with Gasteiger partial charge < -0.3 is 25.4 Å². The van der Waals surface area contributed by atoms with Crippen LogP contribution in [0.3, 0.4) is 0 Å². The lowest BCUT2D eigenvalue weighted by Crippen LogP contribution is -2.13. The number of rotatable bonds is 7. The van der Waals surface area contributed by atoms with Gasteiger partial charge in [0.25, 0.3) is 5.91 Å². The number of primary amides is 1. The van der Waals surface area contributed by atoms with E-state index < -0.39 is 5.91 Å². The molecule has 0 unspecified atom stereocenters. The summed E-state index contributed by atoms with van der Waals surface area (Å²) in [6.45, 7) is 0. The Hall–Kier alpha value is -4.01. The number of nitrogens with one attached hydrogen (secondary N) is 1. The molecule has 0 bridgehead atoms. The molecule has 2 heterocycles. The summed E-state index contributed by atoms with van der Waals surface area (Å²) in [6.07, 6.45) is 8.30. The minimum absolute atomic E-state index is 0.135. The van der Waals surface area contributed by atoms with Crippen LogP contribution in [0.1, 0.15) is 28.9 Å². The van der Waals surface area contributed by atoms with Crippen LogP contribution in [0.4, 0.5) is 0 Å². The molecule has 1 amide bonds. The van der Waals surface area contributed by atoms with Gasteiger partial charge in [0.2, 0.25) is 5.88 Å². The fourth-order valence-corrected chi connectivity index (χ4v) is 2.49. The Bertz CT molecular complexity index is 1030. The maximum absolute atomic E-state index is 11.1. The predicted octanol–water partition coefficient (Wildman–Crippen LogP) is 2.88. The van der Waals surface area contributed by atoms with Gasteiger partial charge in [0.05, 0.1) is 32.3 Å². The zero-order valence-electron chi connectivity index (χ0n) is 17.2. The number of carbonyl (C=O) groups is 1. The summed E-state index contributed by atoms with van der Waals surface area (Å²) in [4.78, 5) is 23.3. The first kappa shape index (κ1) is 21.7. The van der Waals surface area contributed by atoms with E-state index in [4.69, 9.17) is 25.4 Å². The molecular weight excluding hydrogens is 398 g/mol. The fourth-order valence-electron chi connectivity index (χ4n) is 2.49. The van der Waals surface area contributed by atoms with Gasteiger partial charge in [-0.05, 0) is 36.6 Å². The van der Waals surface area contributed by atoms with Crippen molar-refractivity contribution in [2.45, 2.75) is 18.9 Å². The van der Waals surface area contributed by atoms with E-state index in [2.05, 4.69) is 15.0 Å². The molecule has 2 aromatic heterocycles. The van der Waals surface area contributed by atoms with Gasteiger partial charge in [0.15, 0.2) is 0 Å². The van der Waals surface area contributed by atoms with Crippen LogP contribution in [0, 0.1) is 5.41 Å². The van der Waals surface area contributed by atoms with Crippen molar-refractivity contribution in [3.05, 3.63) is 60.2 Å². The summed E-state index contributed by atoms with van der Waals surface area (Å²) in [5.74, 6) is 1.40. The fraction of sp³-hybridized carbons (Fsp3) is 0.227. The van der Waals surface area contributed by atoms with Crippen molar-refractivity contribution in [3.8, 4) is 28.6 Å². The number of nitrogens with two attached hydrogens (primary N) is 1. The van der Waals surface area contributed by atoms with E-state index in [1.165, 1.54) is 12.4 Å². The topological polar surface area (TPSA) is 133 Å². The van der Waals surface area contributed by atoms with E-state index in [1.807, 2.05) is 6.07 Å². The SMILES string of the molecule is COc1cc(C=N)cc(OC)c1.NC(=O)c1cncc(-c2ccc(OC3CC3)nc2)n1. The van der Waals surface area contributed by atoms with Crippen LogP contribution in [0.2, 0.25) is 0 Å². The van der Waals surface area contributed by atoms with Crippen LogP contribution in [-0.4, -0.2) is 47.4 Å². The van der Waals surface area contributed by atoms with Gasteiger partial charge in [-0.3, -0.25) is 9.78 Å². The molecule has 9 heteroatoms.